The Hall–Kier alpha value is -1.84. The van der Waals surface area contributed by atoms with Gasteiger partial charge in [-0.1, -0.05) is 57.9 Å². The molecule has 0 unspecified atom stereocenters. The Kier molecular flexibility index (Phi) is 17.1. The van der Waals surface area contributed by atoms with Crippen molar-refractivity contribution in [1.29, 1.82) is 0 Å². The number of ketones is 1. The molecule has 53 heavy (non-hydrogen) atoms. The lowest BCUT2D eigenvalue weighted by atomic mass is 9.88. The summed E-state index contributed by atoms with van der Waals surface area (Å²) in [6.07, 6.45) is 13.5. The number of likely N-dealkylation sites (N-methyl/N-ethyl adjacent to an activating group) is 1. The van der Waals surface area contributed by atoms with E-state index < -0.39 is 41.6 Å². The number of Topliss-reactive ketones (excluding diaryl/α,β-unsaturated/α-hetero) is 1. The Labute approximate surface area is 334 Å². The molecular formula is C41H67IN2O9. The van der Waals surface area contributed by atoms with Gasteiger partial charge in [0.05, 0.1) is 69.6 Å². The number of aliphatic hydroxyl groups excluding tert-OH is 1. The summed E-state index contributed by atoms with van der Waals surface area (Å²) in [6, 6.07) is 0.629. The summed E-state index contributed by atoms with van der Waals surface area (Å²) >= 11 is 0. The van der Waals surface area contributed by atoms with E-state index in [9.17, 15) is 29.7 Å². The molecule has 3 fully saturated rings. The molecule has 4 aliphatic rings. The zero-order chi connectivity index (χ0) is 38.3. The van der Waals surface area contributed by atoms with Crippen molar-refractivity contribution in [1.82, 2.24) is 4.90 Å². The van der Waals surface area contributed by atoms with Crippen LogP contribution in [0.2, 0.25) is 0 Å². The predicted molar refractivity (Wildman–Crippen MR) is 199 cm³/mol. The van der Waals surface area contributed by atoms with E-state index in [1.165, 1.54) is 38.5 Å². The number of hydrogen-bond donors (Lipinski definition) is 3. The van der Waals surface area contributed by atoms with E-state index in [0.29, 0.717) is 37.5 Å². The minimum absolute atomic E-state index is 0. The number of rotatable bonds is 10. The number of nitrogens with zero attached hydrogens (tertiary/aromatic N) is 2. The fourth-order valence-corrected chi connectivity index (χ4v) is 8.23. The van der Waals surface area contributed by atoms with Gasteiger partial charge in [-0.25, -0.2) is 4.79 Å². The molecule has 0 radical (unpaired) electrons. The highest BCUT2D eigenvalue weighted by molar-refractivity contribution is 5.81. The van der Waals surface area contributed by atoms with Crippen molar-refractivity contribution < 1.29 is 72.4 Å². The van der Waals surface area contributed by atoms with E-state index in [-0.39, 0.29) is 73.1 Å². The molecule has 1 amide bonds. The monoisotopic (exact) mass is 858 g/mol. The molecule has 0 aromatic carbocycles. The second kappa shape index (κ2) is 19.8. The number of piperazine rings is 1. The first-order valence-electron chi connectivity index (χ1n) is 19.8. The van der Waals surface area contributed by atoms with Crippen LogP contribution in [0.5, 0.6) is 0 Å². The number of carbonyl (C=O) groups excluding carboxylic acids is 3. The molecule has 12 heteroatoms. The van der Waals surface area contributed by atoms with Gasteiger partial charge in [0.25, 0.3) is 0 Å². The van der Waals surface area contributed by atoms with E-state index in [0.717, 1.165) is 17.6 Å². The van der Waals surface area contributed by atoms with Crippen molar-refractivity contribution in [2.24, 2.45) is 11.8 Å². The maximum Gasteiger partial charge on any atom is 0.410 e. The molecule has 0 spiro atoms. The van der Waals surface area contributed by atoms with Crippen LogP contribution in [0.15, 0.2) is 36.0 Å². The predicted octanol–water partition coefficient (Wildman–Crippen LogP) is 2.41. The van der Waals surface area contributed by atoms with Crippen LogP contribution in [0.1, 0.15) is 112 Å². The van der Waals surface area contributed by atoms with Crippen LogP contribution < -0.4 is 24.0 Å². The highest BCUT2D eigenvalue weighted by atomic mass is 127. The lowest BCUT2D eigenvalue weighted by Crippen LogP contribution is -3.00. The summed E-state index contributed by atoms with van der Waals surface area (Å²) in [5.41, 5.74) is -1.97. The summed E-state index contributed by atoms with van der Waals surface area (Å²) in [5, 5.41) is 33.3. The fraction of sp³-hybridized carbons (Fsp3) is 0.780. The molecule has 3 N–H and O–H groups in total. The molecular weight excluding hydrogens is 791 g/mol. The first-order valence-corrected chi connectivity index (χ1v) is 19.8. The molecule has 9 atom stereocenters. The first-order chi connectivity index (χ1) is 24.4. The number of ether oxygens (including phenoxy) is 3. The van der Waals surface area contributed by atoms with Crippen molar-refractivity contribution in [3.8, 4) is 0 Å². The molecule has 0 bridgehead atoms. The van der Waals surface area contributed by atoms with E-state index >= 15 is 0 Å². The molecule has 1 saturated carbocycles. The minimum Gasteiger partial charge on any atom is -1.00 e. The maximum absolute atomic E-state index is 13.6. The third kappa shape index (κ3) is 13.1. The smallest absolute Gasteiger partial charge is 0.410 e. The fourth-order valence-electron chi connectivity index (χ4n) is 8.23. The third-order valence-electron chi connectivity index (χ3n) is 12.1. The van der Waals surface area contributed by atoms with Gasteiger partial charge >= 0.3 is 12.1 Å². The van der Waals surface area contributed by atoms with Crippen LogP contribution in [0.25, 0.3) is 0 Å². The standard InChI is InChI=1S/C41H67N2O9.HI/c1-8-33(45)30(4)38-34(50-38)27-40(5,48)20-13-14-28(2)37-29(3)17-18-35(41(6,49)21-19-32(44)26-36(46)52-37)51-39(47)42-22-24-43(7,25-23-42)31-15-11-9-10-12-16-31;/h13-14,17-18,20,29-32,34-35,37-38,44,48-49H,8-12,15-16,19,21-27H2,1-7H3;1H/q+1;/p-1/b18-17+,20-13+,28-14+;/t29-,30+,32+,34+,35-,37+,38+,40-,41+;/m0./s1. The highest BCUT2D eigenvalue weighted by Crippen LogP contribution is 2.37. The van der Waals surface area contributed by atoms with Crippen LogP contribution in [-0.4, -0.2) is 124 Å². The summed E-state index contributed by atoms with van der Waals surface area (Å²) in [5.74, 6) is -1.00. The number of cyclic esters (lactones) is 1. The molecule has 4 rings (SSSR count). The number of epoxide rings is 1. The Morgan fingerprint density at radius 3 is 2.42 bits per heavy atom. The number of amides is 1. The van der Waals surface area contributed by atoms with Crippen molar-refractivity contribution in [2.75, 3.05) is 33.2 Å². The van der Waals surface area contributed by atoms with Crippen LogP contribution in [0.4, 0.5) is 4.79 Å². The van der Waals surface area contributed by atoms with Gasteiger partial charge in [0.1, 0.15) is 17.5 Å². The van der Waals surface area contributed by atoms with Gasteiger partial charge in [0, 0.05) is 24.7 Å². The third-order valence-corrected chi connectivity index (χ3v) is 12.1. The number of aliphatic hydroxyl groups is 3. The van der Waals surface area contributed by atoms with Gasteiger partial charge in [-0.15, -0.1) is 0 Å². The number of hydrogen-bond acceptors (Lipinski definition) is 9. The van der Waals surface area contributed by atoms with Crippen LogP contribution in [0.3, 0.4) is 0 Å². The molecule has 3 aliphatic heterocycles. The summed E-state index contributed by atoms with van der Waals surface area (Å²) in [4.78, 5) is 40.3. The van der Waals surface area contributed by atoms with E-state index in [4.69, 9.17) is 14.2 Å². The molecule has 11 nitrogen and oxygen atoms in total. The topological polar surface area (TPSA) is 146 Å². The van der Waals surface area contributed by atoms with Crippen LogP contribution in [-0.2, 0) is 23.8 Å². The number of halogens is 1. The average Bonchev–Trinajstić information content (AvgIpc) is 3.90. The molecule has 0 aromatic rings. The second-order valence-corrected chi connectivity index (χ2v) is 16.9. The maximum atomic E-state index is 13.6. The largest absolute Gasteiger partial charge is 1.00 e. The van der Waals surface area contributed by atoms with Gasteiger partial charge < -0.3 is 58.0 Å². The highest BCUT2D eigenvalue weighted by Gasteiger charge is 2.47. The first kappa shape index (κ1) is 45.5. The SMILES string of the molecule is CCC(=O)[C@@H](C)[C@H]1O[C@@H]1C[C@@](C)(O)/C=C/C=C(\C)[C@H]1OC(=O)C[C@H](O)CC[C@@](C)(O)[C@@H](OC(=O)N2CC[N+](C)(C3CCCCCC3)CC2)/C=C/[C@@H]1C.[I-]. The second-order valence-electron chi connectivity index (χ2n) is 16.9. The normalized spacial score (nSPS) is 34.3. The van der Waals surface area contributed by atoms with Crippen molar-refractivity contribution in [3.63, 3.8) is 0 Å². The minimum atomic E-state index is -1.49. The number of quaternary nitrogens is 1. The van der Waals surface area contributed by atoms with Crippen molar-refractivity contribution >= 4 is 17.8 Å². The lowest BCUT2D eigenvalue weighted by Gasteiger charge is -2.47. The summed E-state index contributed by atoms with van der Waals surface area (Å²) in [6.45, 7) is 13.6. The lowest BCUT2D eigenvalue weighted by molar-refractivity contribution is -0.937. The number of esters is 1. The Bertz CT molecular complexity index is 1310. The van der Waals surface area contributed by atoms with E-state index in [1.807, 2.05) is 27.7 Å². The molecule has 2 saturated heterocycles. The molecule has 0 aromatic heterocycles. The van der Waals surface area contributed by atoms with Gasteiger partial charge in [-0.05, 0) is 70.9 Å². The van der Waals surface area contributed by atoms with Crippen molar-refractivity contribution in [2.45, 2.75) is 160 Å². The van der Waals surface area contributed by atoms with Gasteiger partial charge in [0.15, 0.2) is 6.10 Å². The summed E-state index contributed by atoms with van der Waals surface area (Å²) < 4.78 is 18.6. The molecule has 1 aliphatic carbocycles. The summed E-state index contributed by atoms with van der Waals surface area (Å²) in [7, 11) is 2.32. The Morgan fingerprint density at radius 1 is 1.15 bits per heavy atom. The Balaban J connectivity index is 0.00000756. The number of carbonyl (C=O) groups is 3. The number of allylic oxidation sites excluding steroid dienone is 2. The average molecular weight is 859 g/mol. The molecule has 3 heterocycles. The van der Waals surface area contributed by atoms with E-state index in [1.54, 1.807) is 49.1 Å². The van der Waals surface area contributed by atoms with Crippen molar-refractivity contribution in [3.05, 3.63) is 36.0 Å². The zero-order valence-electron chi connectivity index (χ0n) is 33.2. The van der Waals surface area contributed by atoms with Gasteiger partial charge in [-0.3, -0.25) is 14.5 Å². The van der Waals surface area contributed by atoms with Gasteiger partial charge in [0.2, 0.25) is 0 Å². The van der Waals surface area contributed by atoms with E-state index in [2.05, 4.69) is 7.05 Å². The van der Waals surface area contributed by atoms with Gasteiger partial charge in [-0.2, -0.15) is 0 Å². The molecule has 302 valence electrons. The quantitative estimate of drug-likeness (QED) is 0.0574. The van der Waals surface area contributed by atoms with Crippen LogP contribution in [0, 0.1) is 11.8 Å². The zero-order valence-corrected chi connectivity index (χ0v) is 35.3. The Morgan fingerprint density at radius 2 is 1.79 bits per heavy atom. The van der Waals surface area contributed by atoms with Crippen LogP contribution >= 0.6 is 0 Å².